The van der Waals surface area contributed by atoms with Crippen molar-refractivity contribution in [3.05, 3.63) is 42.0 Å². The first-order valence-corrected chi connectivity index (χ1v) is 11.6. The smallest absolute Gasteiger partial charge is 0.242 e. The molecule has 1 aliphatic rings. The molecule has 11 heteroatoms. The van der Waals surface area contributed by atoms with E-state index in [2.05, 4.69) is 18.8 Å². The maximum absolute atomic E-state index is 12.5. The van der Waals surface area contributed by atoms with E-state index in [1.807, 2.05) is 6.07 Å². The summed E-state index contributed by atoms with van der Waals surface area (Å²) in [7, 11) is -3.75. The standard InChI is InChI=1S/C19H20N4O5S2/c24-18(12-13-5-6-15-16(11-13)28-10-2-9-27-15)20-7-8-21-30(25,26)17-4-1-3-14-19(17)23-29-22-14/h1,3-6,11,21H,2,7-10,12H2,(H,20,24). The SMILES string of the molecule is O=C(Cc1ccc2c(c1)OCCCO2)NCCNS(=O)(=O)c1cccc2nsnc12. The normalized spacial score (nSPS) is 13.7. The molecule has 1 aromatic heterocycles. The predicted molar refractivity (Wildman–Crippen MR) is 111 cm³/mol. The zero-order chi connectivity index (χ0) is 21.0. The van der Waals surface area contributed by atoms with E-state index < -0.39 is 10.0 Å². The molecule has 2 heterocycles. The first kappa shape index (κ1) is 20.5. The van der Waals surface area contributed by atoms with Crippen LogP contribution in [0.15, 0.2) is 41.3 Å². The number of benzene rings is 2. The van der Waals surface area contributed by atoms with Crippen LogP contribution in [-0.2, 0) is 21.2 Å². The fraction of sp³-hybridized carbons (Fsp3) is 0.316. The Labute approximate surface area is 177 Å². The van der Waals surface area contributed by atoms with Gasteiger partial charge in [0.2, 0.25) is 15.9 Å². The van der Waals surface area contributed by atoms with E-state index in [-0.39, 0.29) is 30.3 Å². The highest BCUT2D eigenvalue weighted by atomic mass is 32.2. The van der Waals surface area contributed by atoms with Gasteiger partial charge in [0.05, 0.1) is 31.4 Å². The summed E-state index contributed by atoms with van der Waals surface area (Å²) in [5, 5.41) is 2.72. The maximum Gasteiger partial charge on any atom is 0.242 e. The van der Waals surface area contributed by atoms with Gasteiger partial charge in [-0.05, 0) is 29.8 Å². The molecule has 1 amide bonds. The number of fused-ring (bicyclic) bond motifs is 2. The lowest BCUT2D eigenvalue weighted by Gasteiger charge is -2.10. The fourth-order valence-corrected chi connectivity index (χ4v) is 4.83. The molecule has 2 N–H and O–H groups in total. The maximum atomic E-state index is 12.5. The quantitative estimate of drug-likeness (QED) is 0.526. The molecule has 0 saturated carbocycles. The van der Waals surface area contributed by atoms with Crippen LogP contribution >= 0.6 is 11.7 Å². The van der Waals surface area contributed by atoms with Gasteiger partial charge >= 0.3 is 0 Å². The second-order valence-electron chi connectivity index (χ2n) is 6.64. The van der Waals surface area contributed by atoms with Crippen LogP contribution in [0.1, 0.15) is 12.0 Å². The second kappa shape index (κ2) is 8.94. The number of aromatic nitrogens is 2. The van der Waals surface area contributed by atoms with Gasteiger partial charge in [0.15, 0.2) is 11.5 Å². The average Bonchev–Trinajstić information content (AvgIpc) is 3.09. The van der Waals surface area contributed by atoms with Gasteiger partial charge in [-0.3, -0.25) is 4.79 Å². The van der Waals surface area contributed by atoms with E-state index in [0.717, 1.165) is 23.7 Å². The Morgan fingerprint density at radius 3 is 2.77 bits per heavy atom. The Hall–Kier alpha value is -2.76. The van der Waals surface area contributed by atoms with Crippen LogP contribution in [0.5, 0.6) is 11.5 Å². The zero-order valence-electron chi connectivity index (χ0n) is 16.0. The number of rotatable bonds is 7. The van der Waals surface area contributed by atoms with E-state index in [1.54, 1.807) is 24.3 Å². The number of nitrogens with one attached hydrogen (secondary N) is 2. The number of sulfonamides is 1. The highest BCUT2D eigenvalue weighted by Crippen LogP contribution is 2.30. The zero-order valence-corrected chi connectivity index (χ0v) is 17.6. The van der Waals surface area contributed by atoms with Crippen LogP contribution in [0.4, 0.5) is 0 Å². The van der Waals surface area contributed by atoms with E-state index in [0.29, 0.717) is 35.7 Å². The van der Waals surface area contributed by atoms with Crippen LogP contribution in [0.2, 0.25) is 0 Å². The molecule has 158 valence electrons. The number of carbonyl (C=O) groups is 1. The van der Waals surface area contributed by atoms with Gasteiger partial charge in [0, 0.05) is 19.5 Å². The monoisotopic (exact) mass is 448 g/mol. The van der Waals surface area contributed by atoms with Crippen molar-refractivity contribution < 1.29 is 22.7 Å². The van der Waals surface area contributed by atoms with Gasteiger partial charge in [-0.2, -0.15) is 8.75 Å². The molecule has 3 aromatic rings. The Morgan fingerprint density at radius 2 is 1.90 bits per heavy atom. The highest BCUT2D eigenvalue weighted by Gasteiger charge is 2.19. The van der Waals surface area contributed by atoms with Crippen LogP contribution in [-0.4, -0.2) is 49.4 Å². The number of amides is 1. The molecule has 2 aromatic carbocycles. The van der Waals surface area contributed by atoms with Crippen LogP contribution in [0.25, 0.3) is 11.0 Å². The predicted octanol–water partition coefficient (Wildman–Crippen LogP) is 1.49. The molecule has 0 unspecified atom stereocenters. The molecule has 0 spiro atoms. The number of hydrogen-bond acceptors (Lipinski definition) is 8. The molecule has 0 bridgehead atoms. The van der Waals surface area contributed by atoms with Crippen molar-refractivity contribution in [2.75, 3.05) is 26.3 Å². The molecule has 30 heavy (non-hydrogen) atoms. The van der Waals surface area contributed by atoms with Crippen molar-refractivity contribution in [1.29, 1.82) is 0 Å². The number of carbonyl (C=O) groups excluding carboxylic acids is 1. The van der Waals surface area contributed by atoms with Gasteiger partial charge in [0.25, 0.3) is 0 Å². The molecule has 0 saturated heterocycles. The molecular formula is C19H20N4O5S2. The number of ether oxygens (including phenoxy) is 2. The third-order valence-corrected chi connectivity index (χ3v) is 6.49. The van der Waals surface area contributed by atoms with Crippen LogP contribution < -0.4 is 19.5 Å². The first-order valence-electron chi connectivity index (χ1n) is 9.39. The van der Waals surface area contributed by atoms with Gasteiger partial charge < -0.3 is 14.8 Å². The summed E-state index contributed by atoms with van der Waals surface area (Å²) >= 11 is 0.960. The fourth-order valence-electron chi connectivity index (χ4n) is 3.03. The number of nitrogens with zero attached hydrogens (tertiary/aromatic N) is 2. The topological polar surface area (TPSA) is 120 Å². The largest absolute Gasteiger partial charge is 0.490 e. The van der Waals surface area contributed by atoms with E-state index in [9.17, 15) is 13.2 Å². The van der Waals surface area contributed by atoms with E-state index in [1.165, 1.54) is 6.07 Å². The minimum absolute atomic E-state index is 0.0587. The highest BCUT2D eigenvalue weighted by molar-refractivity contribution is 7.89. The van der Waals surface area contributed by atoms with Crippen molar-refractivity contribution in [1.82, 2.24) is 18.8 Å². The van der Waals surface area contributed by atoms with Crippen LogP contribution in [0.3, 0.4) is 0 Å². The Balaban J connectivity index is 1.29. The number of hydrogen-bond donors (Lipinski definition) is 2. The molecule has 4 rings (SSSR count). The summed E-state index contributed by atoms with van der Waals surface area (Å²) in [5.74, 6) is 1.10. The summed E-state index contributed by atoms with van der Waals surface area (Å²) in [4.78, 5) is 12.3. The van der Waals surface area contributed by atoms with E-state index >= 15 is 0 Å². The molecule has 1 aliphatic heterocycles. The summed E-state index contributed by atoms with van der Waals surface area (Å²) < 4.78 is 46.9. The third-order valence-electron chi connectivity index (χ3n) is 4.45. The Bertz CT molecular complexity index is 1160. The van der Waals surface area contributed by atoms with Crippen molar-refractivity contribution in [3.8, 4) is 11.5 Å². The molecule has 0 radical (unpaired) electrons. The average molecular weight is 449 g/mol. The van der Waals surface area contributed by atoms with Gasteiger partial charge in [-0.15, -0.1) is 0 Å². The first-order chi connectivity index (χ1) is 14.5. The Morgan fingerprint density at radius 1 is 1.07 bits per heavy atom. The van der Waals surface area contributed by atoms with Crippen molar-refractivity contribution in [2.45, 2.75) is 17.7 Å². The Kier molecular flexibility index (Phi) is 6.11. The van der Waals surface area contributed by atoms with Gasteiger partial charge in [-0.1, -0.05) is 12.1 Å². The van der Waals surface area contributed by atoms with Crippen LogP contribution in [0, 0.1) is 0 Å². The van der Waals surface area contributed by atoms with Gasteiger partial charge in [-0.25, -0.2) is 13.1 Å². The van der Waals surface area contributed by atoms with Crippen molar-refractivity contribution in [2.24, 2.45) is 0 Å². The summed E-state index contributed by atoms with van der Waals surface area (Å²) in [6.45, 7) is 1.40. The lowest BCUT2D eigenvalue weighted by Crippen LogP contribution is -2.35. The lowest BCUT2D eigenvalue weighted by atomic mass is 10.1. The van der Waals surface area contributed by atoms with Crippen molar-refractivity contribution >= 4 is 38.7 Å². The third kappa shape index (κ3) is 4.69. The summed E-state index contributed by atoms with van der Waals surface area (Å²) in [6.07, 6.45) is 0.973. The molecule has 0 atom stereocenters. The summed E-state index contributed by atoms with van der Waals surface area (Å²) in [5.41, 5.74) is 1.67. The summed E-state index contributed by atoms with van der Waals surface area (Å²) in [6, 6.07) is 10.2. The van der Waals surface area contributed by atoms with Gasteiger partial charge in [0.1, 0.15) is 15.9 Å². The molecular weight excluding hydrogens is 428 g/mol. The minimum atomic E-state index is -3.75. The molecule has 0 aliphatic carbocycles. The van der Waals surface area contributed by atoms with Crippen molar-refractivity contribution in [3.63, 3.8) is 0 Å². The second-order valence-corrected chi connectivity index (χ2v) is 8.91. The lowest BCUT2D eigenvalue weighted by molar-refractivity contribution is -0.120. The molecule has 0 fully saturated rings. The molecule has 9 nitrogen and oxygen atoms in total. The minimum Gasteiger partial charge on any atom is -0.490 e. The van der Waals surface area contributed by atoms with E-state index in [4.69, 9.17) is 9.47 Å².